The van der Waals surface area contributed by atoms with Crippen molar-refractivity contribution in [3.05, 3.63) is 125 Å². The Morgan fingerprint density at radius 2 is 1.66 bits per heavy atom. The van der Waals surface area contributed by atoms with Crippen molar-refractivity contribution in [2.45, 2.75) is 18.3 Å². The maximum absolute atomic E-state index is 12.5. The molecule has 5 aromatic rings. The number of nitrogens with one attached hydrogen (secondary N) is 1. The molecule has 0 aliphatic carbocycles. The number of para-hydroxylation sites is 2. The number of benzene rings is 4. The molecule has 38 heavy (non-hydrogen) atoms. The SMILES string of the molecule is O=C(CSc1nc2ccccc2n1Cc1ccc(Cl)cc1)NN=Cc1ccc(OCc2ccccc2)cc1. The van der Waals surface area contributed by atoms with E-state index in [1.807, 2.05) is 103 Å². The molecule has 8 heteroatoms. The van der Waals surface area contributed by atoms with Gasteiger partial charge in [-0.1, -0.05) is 78.0 Å². The van der Waals surface area contributed by atoms with Gasteiger partial charge in [-0.25, -0.2) is 10.4 Å². The summed E-state index contributed by atoms with van der Waals surface area (Å²) in [6.45, 7) is 1.14. The van der Waals surface area contributed by atoms with E-state index in [0.29, 0.717) is 18.2 Å². The van der Waals surface area contributed by atoms with Gasteiger partial charge in [0.25, 0.3) is 5.91 Å². The lowest BCUT2D eigenvalue weighted by atomic mass is 10.2. The minimum absolute atomic E-state index is 0.188. The molecule has 0 saturated heterocycles. The normalized spacial score (nSPS) is 11.2. The fraction of sp³-hybridized carbons (Fsp3) is 0.100. The zero-order valence-electron chi connectivity index (χ0n) is 20.5. The van der Waals surface area contributed by atoms with Crippen molar-refractivity contribution in [3.63, 3.8) is 0 Å². The molecule has 0 bridgehead atoms. The predicted octanol–water partition coefficient (Wildman–Crippen LogP) is 6.56. The Kier molecular flexibility index (Phi) is 8.38. The molecule has 6 nitrogen and oxygen atoms in total. The molecule has 0 fully saturated rings. The van der Waals surface area contributed by atoms with E-state index in [0.717, 1.165) is 38.6 Å². The van der Waals surface area contributed by atoms with Crippen molar-refractivity contribution in [1.82, 2.24) is 15.0 Å². The van der Waals surface area contributed by atoms with Crippen molar-refractivity contribution in [2.75, 3.05) is 5.75 Å². The van der Waals surface area contributed by atoms with E-state index in [1.54, 1.807) is 6.21 Å². The van der Waals surface area contributed by atoms with E-state index < -0.39 is 0 Å². The first-order valence-corrected chi connectivity index (χ1v) is 13.4. The highest BCUT2D eigenvalue weighted by Gasteiger charge is 2.13. The zero-order valence-corrected chi connectivity index (χ0v) is 22.0. The summed E-state index contributed by atoms with van der Waals surface area (Å²) in [5.41, 5.74) is 7.57. The van der Waals surface area contributed by atoms with Gasteiger partial charge in [0.1, 0.15) is 12.4 Å². The van der Waals surface area contributed by atoms with Crippen LogP contribution < -0.4 is 10.2 Å². The van der Waals surface area contributed by atoms with Gasteiger partial charge in [0.15, 0.2) is 5.16 Å². The number of amides is 1. The van der Waals surface area contributed by atoms with Crippen molar-refractivity contribution >= 4 is 46.5 Å². The summed E-state index contributed by atoms with van der Waals surface area (Å²) in [6, 6.07) is 33.2. The fourth-order valence-electron chi connectivity index (χ4n) is 3.82. The van der Waals surface area contributed by atoms with Gasteiger partial charge < -0.3 is 9.30 Å². The van der Waals surface area contributed by atoms with E-state index in [1.165, 1.54) is 11.8 Å². The number of thioether (sulfide) groups is 1. The number of ether oxygens (including phenoxy) is 1. The van der Waals surface area contributed by atoms with Gasteiger partial charge in [0.05, 0.1) is 29.5 Å². The quantitative estimate of drug-likeness (QED) is 0.124. The summed E-state index contributed by atoms with van der Waals surface area (Å²) in [5.74, 6) is 0.750. The number of imidazole rings is 1. The lowest BCUT2D eigenvalue weighted by molar-refractivity contribution is -0.118. The molecule has 1 amide bonds. The van der Waals surface area contributed by atoms with Crippen LogP contribution in [0.2, 0.25) is 5.02 Å². The van der Waals surface area contributed by atoms with Crippen molar-refractivity contribution in [2.24, 2.45) is 5.10 Å². The van der Waals surface area contributed by atoms with Gasteiger partial charge in [0.2, 0.25) is 0 Å². The molecule has 0 atom stereocenters. The molecule has 0 aliphatic heterocycles. The molecular formula is C30H25ClN4O2S. The molecule has 0 unspecified atom stereocenters. The average molecular weight is 541 g/mol. The van der Waals surface area contributed by atoms with Crippen LogP contribution in [0, 0.1) is 0 Å². The highest BCUT2D eigenvalue weighted by atomic mass is 35.5. The first kappa shape index (κ1) is 25.6. The first-order chi connectivity index (χ1) is 18.6. The number of rotatable bonds is 10. The van der Waals surface area contributed by atoms with E-state index in [9.17, 15) is 4.79 Å². The molecule has 0 saturated carbocycles. The van der Waals surface area contributed by atoms with E-state index in [-0.39, 0.29) is 11.7 Å². The summed E-state index contributed by atoms with van der Waals surface area (Å²) in [5, 5.41) is 5.57. The molecule has 0 spiro atoms. The first-order valence-electron chi connectivity index (χ1n) is 12.1. The van der Waals surface area contributed by atoms with Gasteiger partial charge >= 0.3 is 0 Å². The van der Waals surface area contributed by atoms with Gasteiger partial charge in [-0.2, -0.15) is 5.10 Å². The van der Waals surface area contributed by atoms with Crippen LogP contribution in [0.25, 0.3) is 11.0 Å². The van der Waals surface area contributed by atoms with Crippen molar-refractivity contribution in [1.29, 1.82) is 0 Å². The number of carbonyl (C=O) groups excluding carboxylic acids is 1. The Morgan fingerprint density at radius 3 is 2.45 bits per heavy atom. The molecule has 1 heterocycles. The molecule has 0 aliphatic rings. The molecule has 190 valence electrons. The molecule has 5 rings (SSSR count). The third-order valence-electron chi connectivity index (χ3n) is 5.74. The van der Waals surface area contributed by atoms with E-state index in [4.69, 9.17) is 21.3 Å². The minimum Gasteiger partial charge on any atom is -0.489 e. The largest absolute Gasteiger partial charge is 0.489 e. The molecule has 1 aromatic heterocycles. The Bertz CT molecular complexity index is 1530. The van der Waals surface area contributed by atoms with Crippen LogP contribution in [0.5, 0.6) is 5.75 Å². The summed E-state index contributed by atoms with van der Waals surface area (Å²) in [6.07, 6.45) is 1.61. The van der Waals surface area contributed by atoms with Gasteiger partial charge in [-0.05, 0) is 65.2 Å². The summed E-state index contributed by atoms with van der Waals surface area (Å²) in [4.78, 5) is 17.2. The number of hydrogen-bond acceptors (Lipinski definition) is 5. The van der Waals surface area contributed by atoms with Crippen LogP contribution in [0.1, 0.15) is 16.7 Å². The Labute approximate surface area is 230 Å². The topological polar surface area (TPSA) is 68.5 Å². The van der Waals surface area contributed by atoms with Crippen LogP contribution in [0.3, 0.4) is 0 Å². The maximum atomic E-state index is 12.5. The molecule has 0 radical (unpaired) electrons. The van der Waals surface area contributed by atoms with Crippen LogP contribution in [-0.4, -0.2) is 27.4 Å². The average Bonchev–Trinajstić information content (AvgIpc) is 3.30. The molecule has 4 aromatic carbocycles. The molecule has 1 N–H and O–H groups in total. The number of nitrogens with zero attached hydrogens (tertiary/aromatic N) is 3. The summed E-state index contributed by atoms with van der Waals surface area (Å²) >= 11 is 7.42. The summed E-state index contributed by atoms with van der Waals surface area (Å²) < 4.78 is 7.92. The second-order valence-electron chi connectivity index (χ2n) is 8.52. The van der Waals surface area contributed by atoms with Crippen LogP contribution in [-0.2, 0) is 17.9 Å². The Balaban J connectivity index is 1.15. The lowest BCUT2D eigenvalue weighted by Gasteiger charge is -2.09. The lowest BCUT2D eigenvalue weighted by Crippen LogP contribution is -2.20. The highest BCUT2D eigenvalue weighted by Crippen LogP contribution is 2.25. The van der Waals surface area contributed by atoms with Crippen molar-refractivity contribution < 1.29 is 9.53 Å². The maximum Gasteiger partial charge on any atom is 0.250 e. The minimum atomic E-state index is -0.209. The zero-order chi connectivity index (χ0) is 26.2. The third-order valence-corrected chi connectivity index (χ3v) is 6.97. The van der Waals surface area contributed by atoms with Gasteiger partial charge in [0, 0.05) is 5.02 Å². The predicted molar refractivity (Wildman–Crippen MR) is 154 cm³/mol. The van der Waals surface area contributed by atoms with Crippen LogP contribution in [0.15, 0.2) is 113 Å². The highest BCUT2D eigenvalue weighted by molar-refractivity contribution is 7.99. The number of aromatic nitrogens is 2. The second kappa shape index (κ2) is 12.4. The van der Waals surface area contributed by atoms with E-state index in [2.05, 4.69) is 15.1 Å². The van der Waals surface area contributed by atoms with Gasteiger partial charge in [-0.3, -0.25) is 4.79 Å². The smallest absolute Gasteiger partial charge is 0.250 e. The van der Waals surface area contributed by atoms with Crippen LogP contribution in [0.4, 0.5) is 0 Å². The monoisotopic (exact) mass is 540 g/mol. The number of hydrogen-bond donors (Lipinski definition) is 1. The standard InChI is InChI=1S/C30H25ClN4O2S/c31-25-14-10-23(11-15-25)19-35-28-9-5-4-8-27(28)33-30(35)38-21-29(36)34-32-18-22-12-16-26(17-13-22)37-20-24-6-2-1-3-7-24/h1-18H,19-21H2,(H,34,36). The number of carbonyl (C=O) groups is 1. The number of hydrazone groups is 1. The summed E-state index contributed by atoms with van der Waals surface area (Å²) in [7, 11) is 0. The Morgan fingerprint density at radius 1 is 0.921 bits per heavy atom. The van der Waals surface area contributed by atoms with Crippen LogP contribution >= 0.6 is 23.4 Å². The van der Waals surface area contributed by atoms with Gasteiger partial charge in [-0.15, -0.1) is 0 Å². The number of halogens is 1. The molecular weight excluding hydrogens is 516 g/mol. The van der Waals surface area contributed by atoms with Crippen molar-refractivity contribution in [3.8, 4) is 5.75 Å². The number of fused-ring (bicyclic) bond motifs is 1. The third kappa shape index (κ3) is 6.82. The fourth-order valence-corrected chi connectivity index (χ4v) is 4.75. The Hall–Kier alpha value is -4.07. The van der Waals surface area contributed by atoms with E-state index >= 15 is 0 Å². The second-order valence-corrected chi connectivity index (χ2v) is 9.90.